The van der Waals surface area contributed by atoms with Crippen LogP contribution in [-0.2, 0) is 11.3 Å². The Kier molecular flexibility index (Phi) is 5.68. The smallest absolute Gasteiger partial charge is 0.259 e. The Morgan fingerprint density at radius 2 is 1.57 bits per heavy atom. The summed E-state index contributed by atoms with van der Waals surface area (Å²) in [6.45, 7) is 11.3. The minimum Gasteiger partial charge on any atom is -0.342 e. The standard InChI is InChI=1S/C24H28N2O2/c1-6-25(7-2)23(27)15-26-22-13-17(4)12-18(5)20(22)14-21(24(26)28)19-10-8-16(3)9-11-19/h8-14H,6-7,15H2,1-5H3. The van der Waals surface area contributed by atoms with Gasteiger partial charge in [0.1, 0.15) is 6.54 Å². The van der Waals surface area contributed by atoms with E-state index in [9.17, 15) is 9.59 Å². The minimum absolute atomic E-state index is 0.0337. The van der Waals surface area contributed by atoms with Crippen molar-refractivity contribution in [3.8, 4) is 11.1 Å². The number of hydrogen-bond acceptors (Lipinski definition) is 2. The molecular formula is C24H28N2O2. The first-order chi connectivity index (χ1) is 13.3. The lowest BCUT2D eigenvalue weighted by Gasteiger charge is -2.21. The van der Waals surface area contributed by atoms with Crippen molar-refractivity contribution in [2.24, 2.45) is 0 Å². The lowest BCUT2D eigenvalue weighted by molar-refractivity contribution is -0.131. The summed E-state index contributed by atoms with van der Waals surface area (Å²) in [5.41, 5.74) is 5.53. The highest BCUT2D eigenvalue weighted by molar-refractivity contribution is 5.89. The summed E-state index contributed by atoms with van der Waals surface area (Å²) >= 11 is 0. The molecule has 4 heteroatoms. The summed E-state index contributed by atoms with van der Waals surface area (Å²) in [5, 5.41) is 1.01. The van der Waals surface area contributed by atoms with Crippen LogP contribution in [0.3, 0.4) is 0 Å². The molecule has 0 spiro atoms. The van der Waals surface area contributed by atoms with E-state index < -0.39 is 0 Å². The van der Waals surface area contributed by atoms with E-state index >= 15 is 0 Å². The molecule has 0 aliphatic rings. The van der Waals surface area contributed by atoms with E-state index in [1.54, 1.807) is 9.47 Å². The number of aryl methyl sites for hydroxylation is 3. The van der Waals surface area contributed by atoms with Crippen LogP contribution in [0.2, 0.25) is 0 Å². The summed E-state index contributed by atoms with van der Waals surface area (Å²) in [6.07, 6.45) is 0. The first-order valence-electron chi connectivity index (χ1n) is 9.85. The van der Waals surface area contributed by atoms with Crippen molar-refractivity contribution in [1.82, 2.24) is 9.47 Å². The quantitative estimate of drug-likeness (QED) is 0.660. The third-order valence-electron chi connectivity index (χ3n) is 5.34. The molecule has 3 rings (SSSR count). The number of amides is 1. The van der Waals surface area contributed by atoms with Gasteiger partial charge in [0.25, 0.3) is 5.56 Å². The topological polar surface area (TPSA) is 42.3 Å². The molecular weight excluding hydrogens is 348 g/mol. The molecule has 1 heterocycles. The molecule has 0 saturated heterocycles. The van der Waals surface area contributed by atoms with Crippen LogP contribution in [0, 0.1) is 20.8 Å². The number of nitrogens with zero attached hydrogens (tertiary/aromatic N) is 2. The zero-order chi connectivity index (χ0) is 20.4. The lowest BCUT2D eigenvalue weighted by Crippen LogP contribution is -2.36. The van der Waals surface area contributed by atoms with Crippen LogP contribution < -0.4 is 5.56 Å². The highest BCUT2D eigenvalue weighted by atomic mass is 16.2. The molecule has 0 fully saturated rings. The summed E-state index contributed by atoms with van der Waals surface area (Å²) in [6, 6.07) is 14.0. The molecule has 0 bridgehead atoms. The van der Waals surface area contributed by atoms with Gasteiger partial charge in [0.05, 0.1) is 5.52 Å². The molecule has 0 aliphatic heterocycles. The zero-order valence-electron chi connectivity index (χ0n) is 17.4. The van der Waals surface area contributed by atoms with E-state index in [0.717, 1.165) is 33.2 Å². The maximum atomic E-state index is 13.4. The Morgan fingerprint density at radius 3 is 2.18 bits per heavy atom. The van der Waals surface area contributed by atoms with E-state index in [-0.39, 0.29) is 18.0 Å². The van der Waals surface area contributed by atoms with Crippen LogP contribution in [0.15, 0.2) is 47.3 Å². The number of rotatable bonds is 5. The Hall–Kier alpha value is -2.88. The van der Waals surface area contributed by atoms with Gasteiger partial charge in [0, 0.05) is 24.0 Å². The second-order valence-electron chi connectivity index (χ2n) is 7.40. The third-order valence-corrected chi connectivity index (χ3v) is 5.34. The normalized spacial score (nSPS) is 11.0. The van der Waals surface area contributed by atoms with Crippen LogP contribution >= 0.6 is 0 Å². The fourth-order valence-corrected chi connectivity index (χ4v) is 3.74. The molecule has 146 valence electrons. The van der Waals surface area contributed by atoms with Crippen molar-refractivity contribution in [2.75, 3.05) is 13.1 Å². The molecule has 0 unspecified atom stereocenters. The predicted molar refractivity (Wildman–Crippen MR) is 116 cm³/mol. The average Bonchev–Trinajstić information content (AvgIpc) is 2.66. The van der Waals surface area contributed by atoms with E-state index in [1.807, 2.05) is 64.1 Å². The summed E-state index contributed by atoms with van der Waals surface area (Å²) in [7, 11) is 0. The van der Waals surface area contributed by atoms with Crippen molar-refractivity contribution in [1.29, 1.82) is 0 Å². The van der Waals surface area contributed by atoms with Crippen molar-refractivity contribution in [3.63, 3.8) is 0 Å². The zero-order valence-corrected chi connectivity index (χ0v) is 17.4. The Bertz CT molecular complexity index is 1070. The molecule has 1 amide bonds. The number of fused-ring (bicyclic) bond motifs is 1. The van der Waals surface area contributed by atoms with Gasteiger partial charge in [-0.2, -0.15) is 0 Å². The van der Waals surface area contributed by atoms with Crippen molar-refractivity contribution >= 4 is 16.8 Å². The SMILES string of the molecule is CCN(CC)C(=O)Cn1c(=O)c(-c2ccc(C)cc2)cc2c(C)cc(C)cc21. The van der Waals surface area contributed by atoms with Crippen LogP contribution in [0.4, 0.5) is 0 Å². The molecule has 0 N–H and O–H groups in total. The fourth-order valence-electron chi connectivity index (χ4n) is 3.74. The first-order valence-corrected chi connectivity index (χ1v) is 9.85. The first kappa shape index (κ1) is 19.9. The second-order valence-corrected chi connectivity index (χ2v) is 7.40. The number of likely N-dealkylation sites (N-methyl/N-ethyl adjacent to an activating group) is 1. The van der Waals surface area contributed by atoms with Crippen LogP contribution in [0.25, 0.3) is 22.0 Å². The highest BCUT2D eigenvalue weighted by Gasteiger charge is 2.17. The average molecular weight is 377 g/mol. The van der Waals surface area contributed by atoms with Gasteiger partial charge in [-0.3, -0.25) is 14.2 Å². The molecule has 28 heavy (non-hydrogen) atoms. The summed E-state index contributed by atoms with van der Waals surface area (Å²) < 4.78 is 1.64. The van der Waals surface area contributed by atoms with Gasteiger partial charge in [-0.05, 0) is 63.4 Å². The number of carbonyl (C=O) groups is 1. The maximum absolute atomic E-state index is 13.4. The predicted octanol–water partition coefficient (Wildman–Crippen LogP) is 4.46. The van der Waals surface area contributed by atoms with Crippen LogP contribution in [0.5, 0.6) is 0 Å². The Morgan fingerprint density at radius 1 is 0.929 bits per heavy atom. The largest absolute Gasteiger partial charge is 0.342 e. The molecule has 0 saturated carbocycles. The molecule has 1 aromatic heterocycles. The molecule has 2 aromatic carbocycles. The fraction of sp³-hybridized carbons (Fsp3) is 0.333. The van der Waals surface area contributed by atoms with Gasteiger partial charge in [-0.1, -0.05) is 35.9 Å². The molecule has 0 radical (unpaired) electrons. The van der Waals surface area contributed by atoms with E-state index in [1.165, 1.54) is 0 Å². The summed E-state index contributed by atoms with van der Waals surface area (Å²) in [5.74, 6) is -0.0337. The van der Waals surface area contributed by atoms with Gasteiger partial charge < -0.3 is 4.90 Å². The van der Waals surface area contributed by atoms with Crippen LogP contribution in [0.1, 0.15) is 30.5 Å². The van der Waals surface area contributed by atoms with Crippen molar-refractivity contribution in [2.45, 2.75) is 41.2 Å². The third kappa shape index (κ3) is 3.72. The number of hydrogen-bond donors (Lipinski definition) is 0. The van der Waals surface area contributed by atoms with E-state index in [4.69, 9.17) is 0 Å². The summed E-state index contributed by atoms with van der Waals surface area (Å²) in [4.78, 5) is 28.0. The Balaban J connectivity index is 2.27. The van der Waals surface area contributed by atoms with Gasteiger partial charge in [0.2, 0.25) is 5.91 Å². The lowest BCUT2D eigenvalue weighted by atomic mass is 10.00. The maximum Gasteiger partial charge on any atom is 0.259 e. The highest BCUT2D eigenvalue weighted by Crippen LogP contribution is 2.25. The second kappa shape index (κ2) is 8.01. The Labute approximate surface area is 166 Å². The monoisotopic (exact) mass is 376 g/mol. The van der Waals surface area contributed by atoms with Crippen molar-refractivity contribution in [3.05, 3.63) is 69.5 Å². The number of aromatic nitrogens is 1. The van der Waals surface area contributed by atoms with Crippen molar-refractivity contribution < 1.29 is 4.79 Å². The van der Waals surface area contributed by atoms with Gasteiger partial charge >= 0.3 is 0 Å². The molecule has 0 aliphatic carbocycles. The van der Waals surface area contributed by atoms with Gasteiger partial charge in [0.15, 0.2) is 0 Å². The number of benzene rings is 2. The number of carbonyl (C=O) groups excluding carboxylic acids is 1. The minimum atomic E-state index is -0.123. The van der Waals surface area contributed by atoms with Crippen LogP contribution in [-0.4, -0.2) is 28.5 Å². The number of pyridine rings is 1. The molecule has 4 nitrogen and oxygen atoms in total. The van der Waals surface area contributed by atoms with E-state index in [2.05, 4.69) is 13.0 Å². The molecule has 3 aromatic rings. The van der Waals surface area contributed by atoms with Gasteiger partial charge in [-0.15, -0.1) is 0 Å². The molecule has 0 atom stereocenters. The van der Waals surface area contributed by atoms with E-state index in [0.29, 0.717) is 18.7 Å². The van der Waals surface area contributed by atoms with Gasteiger partial charge in [-0.25, -0.2) is 0 Å².